The molecular formula is C10H16N4OS. The second-order valence-corrected chi connectivity index (χ2v) is 5.06. The zero-order chi connectivity index (χ0) is 10.8. The van der Waals surface area contributed by atoms with Crippen molar-refractivity contribution in [2.75, 3.05) is 31.6 Å². The summed E-state index contributed by atoms with van der Waals surface area (Å²) in [6.07, 6.45) is 2.76. The van der Waals surface area contributed by atoms with E-state index in [-0.39, 0.29) is 6.10 Å². The van der Waals surface area contributed by atoms with Gasteiger partial charge in [0.2, 0.25) is 5.13 Å². The van der Waals surface area contributed by atoms with Crippen LogP contribution in [0.2, 0.25) is 0 Å². The molecule has 1 aliphatic carbocycles. The molecule has 88 valence electrons. The van der Waals surface area contributed by atoms with Crippen LogP contribution in [0.3, 0.4) is 0 Å². The first-order valence-corrected chi connectivity index (χ1v) is 6.59. The van der Waals surface area contributed by atoms with E-state index in [2.05, 4.69) is 20.0 Å². The first-order valence-electron chi connectivity index (χ1n) is 5.81. The Morgan fingerprint density at radius 2 is 2.44 bits per heavy atom. The Hall–Kier alpha value is -0.720. The zero-order valence-electron chi connectivity index (χ0n) is 9.11. The van der Waals surface area contributed by atoms with Crippen molar-refractivity contribution >= 4 is 16.7 Å². The molecule has 2 aliphatic rings. The molecule has 0 amide bonds. The molecule has 0 spiro atoms. The summed E-state index contributed by atoms with van der Waals surface area (Å²) >= 11 is 1.46. The smallest absolute Gasteiger partial charge is 0.202 e. The van der Waals surface area contributed by atoms with Gasteiger partial charge in [0, 0.05) is 37.1 Å². The minimum Gasteiger partial charge on any atom is -0.374 e. The van der Waals surface area contributed by atoms with Gasteiger partial charge >= 0.3 is 0 Å². The molecule has 2 fully saturated rings. The van der Waals surface area contributed by atoms with Gasteiger partial charge < -0.3 is 15.4 Å². The second-order valence-electron chi connectivity index (χ2n) is 4.31. The maximum atomic E-state index is 5.60. The van der Waals surface area contributed by atoms with Gasteiger partial charge in [-0.25, -0.2) is 4.98 Å². The molecule has 1 atom stereocenters. The van der Waals surface area contributed by atoms with Gasteiger partial charge in [0.1, 0.15) is 5.82 Å². The number of anilines is 1. The van der Waals surface area contributed by atoms with Gasteiger partial charge in [-0.1, -0.05) is 0 Å². The first kappa shape index (κ1) is 10.4. The lowest BCUT2D eigenvalue weighted by atomic mass is 10.3. The average molecular weight is 240 g/mol. The number of hydrogen-bond acceptors (Lipinski definition) is 6. The monoisotopic (exact) mass is 240 g/mol. The second kappa shape index (κ2) is 4.65. The van der Waals surface area contributed by atoms with E-state index in [1.807, 2.05) is 0 Å². The average Bonchev–Trinajstić information content (AvgIpc) is 3.08. The Morgan fingerprint density at radius 1 is 1.50 bits per heavy atom. The van der Waals surface area contributed by atoms with E-state index >= 15 is 0 Å². The fraction of sp³-hybridized carbons (Fsp3) is 0.800. The molecule has 1 aromatic rings. The molecule has 1 saturated heterocycles. The SMILES string of the molecule is C1COC(CNc2nc(C3CC3)ns2)CN1. The molecule has 1 unspecified atom stereocenters. The highest BCUT2D eigenvalue weighted by atomic mass is 32.1. The molecule has 16 heavy (non-hydrogen) atoms. The Bertz CT molecular complexity index is 346. The van der Waals surface area contributed by atoms with Crippen molar-refractivity contribution in [3.8, 4) is 0 Å². The molecule has 6 heteroatoms. The summed E-state index contributed by atoms with van der Waals surface area (Å²) in [7, 11) is 0. The van der Waals surface area contributed by atoms with Crippen molar-refractivity contribution in [1.82, 2.24) is 14.7 Å². The minimum absolute atomic E-state index is 0.252. The number of aromatic nitrogens is 2. The van der Waals surface area contributed by atoms with Crippen molar-refractivity contribution in [2.24, 2.45) is 0 Å². The summed E-state index contributed by atoms with van der Waals surface area (Å²) in [5.74, 6) is 1.66. The van der Waals surface area contributed by atoms with Gasteiger partial charge in [-0.05, 0) is 12.8 Å². The van der Waals surface area contributed by atoms with Gasteiger partial charge in [0.25, 0.3) is 0 Å². The van der Waals surface area contributed by atoms with Crippen LogP contribution in [0.1, 0.15) is 24.6 Å². The third kappa shape index (κ3) is 2.50. The fourth-order valence-electron chi connectivity index (χ4n) is 1.77. The number of rotatable bonds is 4. The Morgan fingerprint density at radius 3 is 3.19 bits per heavy atom. The highest BCUT2D eigenvalue weighted by Gasteiger charge is 2.27. The van der Waals surface area contributed by atoms with Crippen LogP contribution in [0.15, 0.2) is 0 Å². The molecule has 0 aromatic carbocycles. The number of nitrogens with one attached hydrogen (secondary N) is 2. The predicted octanol–water partition coefficient (Wildman–Crippen LogP) is 0.816. The molecule has 1 aliphatic heterocycles. The van der Waals surface area contributed by atoms with E-state index in [0.717, 1.165) is 37.2 Å². The Kier molecular flexibility index (Phi) is 3.03. The molecule has 1 aromatic heterocycles. The van der Waals surface area contributed by atoms with Crippen LogP contribution in [0.25, 0.3) is 0 Å². The number of nitrogens with zero attached hydrogens (tertiary/aromatic N) is 2. The third-order valence-corrected chi connectivity index (χ3v) is 3.56. The van der Waals surface area contributed by atoms with Crippen molar-refractivity contribution in [3.63, 3.8) is 0 Å². The zero-order valence-corrected chi connectivity index (χ0v) is 9.92. The lowest BCUT2D eigenvalue weighted by Crippen LogP contribution is -2.42. The van der Waals surface area contributed by atoms with Crippen LogP contribution in [0, 0.1) is 0 Å². The lowest BCUT2D eigenvalue weighted by Gasteiger charge is -2.23. The standard InChI is InChI=1S/C10H16N4OS/c1-2-7(1)9-13-10(16-14-9)12-6-8-5-11-3-4-15-8/h7-8,11H,1-6H2,(H,12,13,14). The van der Waals surface area contributed by atoms with Crippen molar-refractivity contribution < 1.29 is 4.74 Å². The quantitative estimate of drug-likeness (QED) is 0.816. The molecule has 2 heterocycles. The lowest BCUT2D eigenvalue weighted by molar-refractivity contribution is 0.0372. The molecule has 0 bridgehead atoms. The summed E-state index contributed by atoms with van der Waals surface area (Å²) in [6, 6.07) is 0. The van der Waals surface area contributed by atoms with Crippen LogP contribution >= 0.6 is 11.5 Å². The highest BCUT2D eigenvalue weighted by molar-refractivity contribution is 7.09. The summed E-state index contributed by atoms with van der Waals surface area (Å²) < 4.78 is 9.95. The first-order chi connectivity index (χ1) is 7.92. The van der Waals surface area contributed by atoms with Crippen LogP contribution < -0.4 is 10.6 Å². The Balaban J connectivity index is 1.49. The van der Waals surface area contributed by atoms with Crippen molar-refractivity contribution in [2.45, 2.75) is 24.9 Å². The van der Waals surface area contributed by atoms with Gasteiger partial charge in [0.15, 0.2) is 0 Å². The highest BCUT2D eigenvalue weighted by Crippen LogP contribution is 2.39. The number of morpholine rings is 1. The van der Waals surface area contributed by atoms with Gasteiger partial charge in [-0.15, -0.1) is 0 Å². The third-order valence-electron chi connectivity index (χ3n) is 2.87. The minimum atomic E-state index is 0.252. The molecule has 1 saturated carbocycles. The van der Waals surface area contributed by atoms with Crippen LogP contribution in [-0.2, 0) is 4.74 Å². The fourth-order valence-corrected chi connectivity index (χ4v) is 2.42. The molecule has 3 rings (SSSR count). The van der Waals surface area contributed by atoms with Gasteiger partial charge in [-0.2, -0.15) is 4.37 Å². The van der Waals surface area contributed by atoms with E-state index in [0.29, 0.717) is 5.92 Å². The number of hydrogen-bond donors (Lipinski definition) is 2. The largest absolute Gasteiger partial charge is 0.374 e. The van der Waals surface area contributed by atoms with E-state index in [4.69, 9.17) is 4.74 Å². The summed E-state index contributed by atoms with van der Waals surface area (Å²) in [4.78, 5) is 4.48. The summed E-state index contributed by atoms with van der Waals surface area (Å²) in [6.45, 7) is 3.49. The van der Waals surface area contributed by atoms with E-state index in [1.165, 1.54) is 24.4 Å². The topological polar surface area (TPSA) is 59.1 Å². The molecule has 2 N–H and O–H groups in total. The van der Waals surface area contributed by atoms with E-state index in [1.54, 1.807) is 0 Å². The van der Waals surface area contributed by atoms with Crippen LogP contribution in [0.4, 0.5) is 5.13 Å². The summed E-state index contributed by atoms with van der Waals surface area (Å²) in [5, 5.41) is 7.53. The number of ether oxygens (including phenoxy) is 1. The van der Waals surface area contributed by atoms with Gasteiger partial charge in [0.05, 0.1) is 12.7 Å². The molecule has 5 nitrogen and oxygen atoms in total. The van der Waals surface area contributed by atoms with Crippen molar-refractivity contribution in [1.29, 1.82) is 0 Å². The van der Waals surface area contributed by atoms with Crippen LogP contribution in [0.5, 0.6) is 0 Å². The maximum Gasteiger partial charge on any atom is 0.202 e. The maximum absolute atomic E-state index is 5.60. The van der Waals surface area contributed by atoms with E-state index < -0.39 is 0 Å². The molecular weight excluding hydrogens is 224 g/mol. The summed E-state index contributed by atoms with van der Waals surface area (Å²) in [5.41, 5.74) is 0. The predicted molar refractivity (Wildman–Crippen MR) is 63.0 cm³/mol. The van der Waals surface area contributed by atoms with Gasteiger partial charge in [-0.3, -0.25) is 0 Å². The van der Waals surface area contributed by atoms with E-state index in [9.17, 15) is 0 Å². The van der Waals surface area contributed by atoms with Crippen LogP contribution in [-0.4, -0.2) is 41.7 Å². The Labute approximate surface area is 98.8 Å². The molecule has 0 radical (unpaired) electrons. The normalized spacial score (nSPS) is 25.6. The van der Waals surface area contributed by atoms with Crippen molar-refractivity contribution in [3.05, 3.63) is 5.82 Å².